The summed E-state index contributed by atoms with van der Waals surface area (Å²) in [5.74, 6) is -1.47. The van der Waals surface area contributed by atoms with Crippen LogP contribution in [0.2, 0.25) is 0 Å². The van der Waals surface area contributed by atoms with Crippen LogP contribution in [0.5, 0.6) is 0 Å². The molecule has 110 valence electrons. The number of methoxy groups -OCH3 is 1. The standard InChI is InChI=1S/C12H22N2O5/c1-5-13(8-11(17)19-4)12(18)14(6-9(2)3)7-10(15)16/h9H,5-8H2,1-4H3,(H,15,16). The second-order valence-corrected chi connectivity index (χ2v) is 4.54. The van der Waals surface area contributed by atoms with Crippen molar-refractivity contribution in [2.75, 3.05) is 33.3 Å². The molecule has 0 saturated heterocycles. The SMILES string of the molecule is CCN(CC(=O)OC)C(=O)N(CC(=O)O)CC(C)C. The Bertz CT molecular complexity index is 330. The normalized spacial score (nSPS) is 10.2. The second-order valence-electron chi connectivity index (χ2n) is 4.54. The number of hydrogen-bond acceptors (Lipinski definition) is 4. The van der Waals surface area contributed by atoms with Crippen LogP contribution < -0.4 is 0 Å². The maximum Gasteiger partial charge on any atom is 0.325 e. The smallest absolute Gasteiger partial charge is 0.325 e. The third-order valence-electron chi connectivity index (χ3n) is 2.38. The number of carbonyl (C=O) groups is 3. The number of rotatable bonds is 7. The van der Waals surface area contributed by atoms with E-state index < -0.39 is 18.0 Å². The van der Waals surface area contributed by atoms with E-state index in [-0.39, 0.29) is 19.0 Å². The molecular weight excluding hydrogens is 252 g/mol. The lowest BCUT2D eigenvalue weighted by molar-refractivity contribution is -0.141. The van der Waals surface area contributed by atoms with Crippen LogP contribution in [0.25, 0.3) is 0 Å². The van der Waals surface area contributed by atoms with Gasteiger partial charge in [-0.25, -0.2) is 4.79 Å². The first kappa shape index (κ1) is 17.2. The maximum absolute atomic E-state index is 12.2. The van der Waals surface area contributed by atoms with Gasteiger partial charge >= 0.3 is 18.0 Å². The number of hydrogen-bond donors (Lipinski definition) is 1. The molecule has 0 aromatic carbocycles. The predicted octanol–water partition coefficient (Wildman–Crippen LogP) is 0.644. The van der Waals surface area contributed by atoms with E-state index in [1.54, 1.807) is 6.92 Å². The van der Waals surface area contributed by atoms with Gasteiger partial charge in [-0.2, -0.15) is 0 Å². The van der Waals surface area contributed by atoms with Gasteiger partial charge in [-0.1, -0.05) is 13.8 Å². The van der Waals surface area contributed by atoms with Crippen molar-refractivity contribution in [1.82, 2.24) is 9.80 Å². The third-order valence-corrected chi connectivity index (χ3v) is 2.38. The summed E-state index contributed by atoms with van der Waals surface area (Å²) in [6.07, 6.45) is 0. The van der Waals surface area contributed by atoms with Gasteiger partial charge in [0, 0.05) is 13.1 Å². The van der Waals surface area contributed by atoms with Crippen molar-refractivity contribution < 1.29 is 24.2 Å². The summed E-state index contributed by atoms with van der Waals surface area (Å²) < 4.78 is 4.51. The Morgan fingerprint density at radius 3 is 2.11 bits per heavy atom. The summed E-state index contributed by atoms with van der Waals surface area (Å²) in [5.41, 5.74) is 0. The van der Waals surface area contributed by atoms with E-state index in [4.69, 9.17) is 5.11 Å². The van der Waals surface area contributed by atoms with Crippen LogP contribution in [-0.4, -0.2) is 66.2 Å². The Morgan fingerprint density at radius 2 is 1.74 bits per heavy atom. The summed E-state index contributed by atoms with van der Waals surface area (Å²) in [6, 6.07) is -0.469. The quantitative estimate of drug-likeness (QED) is 0.688. The first-order valence-electron chi connectivity index (χ1n) is 6.14. The highest BCUT2D eigenvalue weighted by Gasteiger charge is 2.24. The van der Waals surface area contributed by atoms with Gasteiger partial charge in [0.25, 0.3) is 0 Å². The van der Waals surface area contributed by atoms with E-state index in [0.717, 1.165) is 0 Å². The Morgan fingerprint density at radius 1 is 1.16 bits per heavy atom. The fourth-order valence-corrected chi connectivity index (χ4v) is 1.55. The number of likely N-dealkylation sites (N-methyl/N-ethyl adjacent to an activating group) is 1. The van der Waals surface area contributed by atoms with Crippen molar-refractivity contribution in [2.24, 2.45) is 5.92 Å². The molecule has 0 rings (SSSR count). The summed E-state index contributed by atoms with van der Waals surface area (Å²) in [7, 11) is 1.24. The highest BCUT2D eigenvalue weighted by atomic mass is 16.5. The van der Waals surface area contributed by atoms with Crippen molar-refractivity contribution in [3.63, 3.8) is 0 Å². The fourth-order valence-electron chi connectivity index (χ4n) is 1.55. The molecule has 2 amide bonds. The van der Waals surface area contributed by atoms with E-state index in [9.17, 15) is 14.4 Å². The summed E-state index contributed by atoms with van der Waals surface area (Å²) in [4.78, 5) is 36.6. The third kappa shape index (κ3) is 6.64. The van der Waals surface area contributed by atoms with Crippen molar-refractivity contribution in [1.29, 1.82) is 0 Å². The zero-order valence-electron chi connectivity index (χ0n) is 11.9. The summed E-state index contributed by atoms with van der Waals surface area (Å²) >= 11 is 0. The van der Waals surface area contributed by atoms with Gasteiger partial charge in [0.05, 0.1) is 7.11 Å². The second kappa shape index (κ2) is 8.34. The van der Waals surface area contributed by atoms with Crippen LogP contribution >= 0.6 is 0 Å². The summed E-state index contributed by atoms with van der Waals surface area (Å²) in [5, 5.41) is 8.82. The predicted molar refractivity (Wildman–Crippen MR) is 68.7 cm³/mol. The highest BCUT2D eigenvalue weighted by molar-refractivity contribution is 5.83. The molecule has 19 heavy (non-hydrogen) atoms. The Balaban J connectivity index is 4.81. The van der Waals surface area contributed by atoms with Gasteiger partial charge in [0.2, 0.25) is 0 Å². The molecular formula is C12H22N2O5. The zero-order valence-corrected chi connectivity index (χ0v) is 11.9. The first-order valence-corrected chi connectivity index (χ1v) is 6.14. The van der Waals surface area contributed by atoms with Crippen LogP contribution in [0.15, 0.2) is 0 Å². The van der Waals surface area contributed by atoms with Crippen LogP contribution in [0.1, 0.15) is 20.8 Å². The fraction of sp³-hybridized carbons (Fsp3) is 0.750. The molecule has 0 heterocycles. The summed E-state index contributed by atoms with van der Waals surface area (Å²) in [6.45, 7) is 5.56. The Kier molecular flexibility index (Phi) is 7.55. The molecule has 0 unspecified atom stereocenters. The molecule has 7 nitrogen and oxygen atoms in total. The molecule has 0 spiro atoms. The Labute approximate surface area is 113 Å². The largest absolute Gasteiger partial charge is 0.480 e. The lowest BCUT2D eigenvalue weighted by Crippen LogP contribution is -2.48. The molecule has 0 bridgehead atoms. The van der Waals surface area contributed by atoms with Crippen molar-refractivity contribution >= 4 is 18.0 Å². The van der Waals surface area contributed by atoms with E-state index in [1.165, 1.54) is 16.9 Å². The molecule has 0 radical (unpaired) electrons. The molecule has 1 N–H and O–H groups in total. The number of carboxylic acids is 1. The van der Waals surface area contributed by atoms with Crippen molar-refractivity contribution in [2.45, 2.75) is 20.8 Å². The molecule has 0 aromatic rings. The lowest BCUT2D eigenvalue weighted by atomic mass is 10.2. The molecule has 7 heteroatoms. The number of esters is 1. The molecule has 0 atom stereocenters. The number of nitrogens with zero attached hydrogens (tertiary/aromatic N) is 2. The van der Waals surface area contributed by atoms with Crippen LogP contribution in [0, 0.1) is 5.92 Å². The van der Waals surface area contributed by atoms with Gasteiger partial charge in [-0.3, -0.25) is 9.59 Å². The molecule has 0 aliphatic heterocycles. The zero-order chi connectivity index (χ0) is 15.0. The van der Waals surface area contributed by atoms with Crippen LogP contribution in [0.4, 0.5) is 4.79 Å². The number of urea groups is 1. The van der Waals surface area contributed by atoms with Crippen LogP contribution in [-0.2, 0) is 14.3 Å². The van der Waals surface area contributed by atoms with E-state index >= 15 is 0 Å². The number of ether oxygens (including phenoxy) is 1. The monoisotopic (exact) mass is 274 g/mol. The van der Waals surface area contributed by atoms with Gasteiger partial charge in [0.15, 0.2) is 0 Å². The van der Waals surface area contributed by atoms with E-state index in [1.807, 2.05) is 13.8 Å². The minimum atomic E-state index is -1.08. The minimum Gasteiger partial charge on any atom is -0.480 e. The first-order chi connectivity index (χ1) is 8.81. The van der Waals surface area contributed by atoms with Crippen molar-refractivity contribution in [3.05, 3.63) is 0 Å². The minimum absolute atomic E-state index is 0.139. The van der Waals surface area contributed by atoms with Gasteiger partial charge < -0.3 is 19.6 Å². The van der Waals surface area contributed by atoms with Crippen LogP contribution in [0.3, 0.4) is 0 Å². The van der Waals surface area contributed by atoms with Gasteiger partial charge in [0.1, 0.15) is 13.1 Å². The average Bonchev–Trinajstić information content (AvgIpc) is 2.32. The van der Waals surface area contributed by atoms with Gasteiger partial charge in [-0.15, -0.1) is 0 Å². The van der Waals surface area contributed by atoms with E-state index in [2.05, 4.69) is 4.74 Å². The molecule has 0 fully saturated rings. The number of carbonyl (C=O) groups excluding carboxylic acids is 2. The number of aliphatic carboxylic acids is 1. The average molecular weight is 274 g/mol. The molecule has 0 aliphatic rings. The Hall–Kier alpha value is -1.79. The van der Waals surface area contributed by atoms with E-state index in [0.29, 0.717) is 13.1 Å². The number of carboxylic acid groups (broad SMARTS) is 1. The molecule has 0 saturated carbocycles. The highest BCUT2D eigenvalue weighted by Crippen LogP contribution is 2.04. The lowest BCUT2D eigenvalue weighted by Gasteiger charge is -2.29. The van der Waals surface area contributed by atoms with Gasteiger partial charge in [-0.05, 0) is 12.8 Å². The molecule has 0 aromatic heterocycles. The number of amides is 2. The maximum atomic E-state index is 12.2. The van der Waals surface area contributed by atoms with Crippen molar-refractivity contribution in [3.8, 4) is 0 Å². The topological polar surface area (TPSA) is 87.2 Å². The molecule has 0 aliphatic carbocycles.